The normalized spacial score (nSPS) is 14.5. The van der Waals surface area contributed by atoms with Gasteiger partial charge in [-0.15, -0.1) is 5.10 Å². The maximum atomic E-state index is 12.2. The van der Waals surface area contributed by atoms with E-state index in [9.17, 15) is 9.59 Å². The first kappa shape index (κ1) is 15.3. The molecule has 1 aliphatic rings. The Morgan fingerprint density at radius 3 is 2.43 bits per heavy atom. The average Bonchev–Trinajstić information content (AvgIpc) is 2.78. The number of amides is 2. The van der Waals surface area contributed by atoms with Crippen molar-refractivity contribution in [1.82, 2.24) is 14.7 Å². The van der Waals surface area contributed by atoms with Crippen molar-refractivity contribution in [3.63, 3.8) is 0 Å². The number of hydrogen-bond donors (Lipinski definition) is 1. The lowest BCUT2D eigenvalue weighted by atomic mass is 9.99. The van der Waals surface area contributed by atoms with Gasteiger partial charge in [-0.3, -0.25) is 9.59 Å². The minimum atomic E-state index is -0.149. The van der Waals surface area contributed by atoms with Crippen molar-refractivity contribution in [3.05, 3.63) is 41.6 Å². The van der Waals surface area contributed by atoms with Gasteiger partial charge in [0, 0.05) is 31.8 Å². The molecule has 23 heavy (non-hydrogen) atoms. The molecule has 0 radical (unpaired) electrons. The van der Waals surface area contributed by atoms with E-state index in [1.807, 2.05) is 44.2 Å². The third-order valence-electron chi connectivity index (χ3n) is 4.11. The summed E-state index contributed by atoms with van der Waals surface area (Å²) in [6.45, 7) is 6.47. The summed E-state index contributed by atoms with van der Waals surface area (Å²) in [6.07, 6.45) is 0. The van der Waals surface area contributed by atoms with Crippen molar-refractivity contribution in [2.45, 2.75) is 20.8 Å². The Bertz CT molecular complexity index is 742. The number of anilines is 1. The van der Waals surface area contributed by atoms with E-state index in [2.05, 4.69) is 10.4 Å². The van der Waals surface area contributed by atoms with Crippen molar-refractivity contribution in [1.29, 1.82) is 0 Å². The molecule has 0 unspecified atom stereocenters. The molecule has 2 amide bonds. The minimum Gasteiger partial charge on any atom is -0.341 e. The first-order chi connectivity index (χ1) is 10.9. The van der Waals surface area contributed by atoms with Crippen LogP contribution < -0.4 is 5.32 Å². The molecule has 0 saturated carbocycles. The number of rotatable bonds is 3. The van der Waals surface area contributed by atoms with Gasteiger partial charge >= 0.3 is 0 Å². The Labute approximate surface area is 135 Å². The zero-order chi connectivity index (χ0) is 16.6. The summed E-state index contributed by atoms with van der Waals surface area (Å²) in [5.41, 5.74) is 3.09. The molecule has 1 aliphatic heterocycles. The van der Waals surface area contributed by atoms with Crippen molar-refractivity contribution in [3.8, 4) is 5.69 Å². The number of carbonyl (C=O) groups is 2. The van der Waals surface area contributed by atoms with Crippen LogP contribution >= 0.6 is 0 Å². The van der Waals surface area contributed by atoms with Gasteiger partial charge in [0.1, 0.15) is 0 Å². The first-order valence-corrected chi connectivity index (χ1v) is 7.64. The van der Waals surface area contributed by atoms with Gasteiger partial charge in [-0.2, -0.15) is 0 Å². The van der Waals surface area contributed by atoms with E-state index in [4.69, 9.17) is 0 Å². The molecule has 0 atom stereocenters. The number of nitrogens with one attached hydrogen (secondary N) is 1. The Morgan fingerprint density at radius 2 is 1.83 bits per heavy atom. The highest BCUT2D eigenvalue weighted by atomic mass is 16.2. The number of aromatic nitrogens is 2. The Hall–Kier alpha value is -2.63. The monoisotopic (exact) mass is 312 g/mol. The van der Waals surface area contributed by atoms with Crippen molar-refractivity contribution in [2.75, 3.05) is 18.4 Å². The molecule has 0 bridgehead atoms. The average molecular weight is 312 g/mol. The summed E-state index contributed by atoms with van der Waals surface area (Å²) >= 11 is 0. The second-order valence-electron chi connectivity index (χ2n) is 6.03. The van der Waals surface area contributed by atoms with Crippen LogP contribution in [0.2, 0.25) is 0 Å². The molecule has 0 spiro atoms. The maximum Gasteiger partial charge on any atom is 0.232 e. The lowest BCUT2D eigenvalue weighted by molar-refractivity contribution is -0.139. The lowest BCUT2D eigenvalue weighted by Crippen LogP contribution is -2.53. The van der Waals surface area contributed by atoms with E-state index in [0.717, 1.165) is 11.4 Å². The van der Waals surface area contributed by atoms with Crippen molar-refractivity contribution >= 4 is 17.6 Å². The molecule has 6 nitrogen and oxygen atoms in total. The van der Waals surface area contributed by atoms with Gasteiger partial charge < -0.3 is 10.2 Å². The second-order valence-corrected chi connectivity index (χ2v) is 6.03. The topological polar surface area (TPSA) is 67.2 Å². The third-order valence-corrected chi connectivity index (χ3v) is 4.11. The molecule has 120 valence electrons. The van der Waals surface area contributed by atoms with Gasteiger partial charge in [0.25, 0.3) is 0 Å². The van der Waals surface area contributed by atoms with Gasteiger partial charge in [-0.05, 0) is 26.0 Å². The molecule has 1 N–H and O–H groups in total. The molecular formula is C17H20N4O2. The Morgan fingerprint density at radius 1 is 1.17 bits per heavy atom. The van der Waals surface area contributed by atoms with E-state index < -0.39 is 0 Å². The summed E-state index contributed by atoms with van der Waals surface area (Å²) in [4.78, 5) is 25.0. The Balaban J connectivity index is 1.68. The standard InChI is InChI=1S/C17H20N4O2/c1-11-4-6-15(7-5-11)21-12(2)8-16(19-21)18-17(23)14-9-20(10-14)13(3)22/h4-8,14H,9-10H2,1-3H3,(H,18,19,23). The smallest absolute Gasteiger partial charge is 0.232 e. The highest BCUT2D eigenvalue weighted by Crippen LogP contribution is 2.19. The van der Waals surface area contributed by atoms with Gasteiger partial charge in [-0.1, -0.05) is 17.7 Å². The van der Waals surface area contributed by atoms with Crippen LogP contribution in [0.4, 0.5) is 5.82 Å². The number of hydrogen-bond acceptors (Lipinski definition) is 3. The number of nitrogens with zero attached hydrogens (tertiary/aromatic N) is 3. The van der Waals surface area contributed by atoms with Gasteiger partial charge in [-0.25, -0.2) is 4.68 Å². The second kappa shape index (κ2) is 5.87. The van der Waals surface area contributed by atoms with E-state index in [0.29, 0.717) is 18.9 Å². The maximum absolute atomic E-state index is 12.2. The minimum absolute atomic E-state index is 0.00791. The quantitative estimate of drug-likeness (QED) is 0.941. The third kappa shape index (κ3) is 3.11. The number of aryl methyl sites for hydroxylation is 2. The largest absolute Gasteiger partial charge is 0.341 e. The van der Waals surface area contributed by atoms with Gasteiger partial charge in [0.05, 0.1) is 11.6 Å². The van der Waals surface area contributed by atoms with Crippen molar-refractivity contribution in [2.24, 2.45) is 5.92 Å². The van der Waals surface area contributed by atoms with Crippen LogP contribution in [0.5, 0.6) is 0 Å². The zero-order valence-electron chi connectivity index (χ0n) is 13.5. The van der Waals surface area contributed by atoms with Crippen LogP contribution in [0.1, 0.15) is 18.2 Å². The lowest BCUT2D eigenvalue weighted by Gasteiger charge is -2.37. The molecule has 3 rings (SSSR count). The van der Waals surface area contributed by atoms with Crippen LogP contribution in [0.3, 0.4) is 0 Å². The SMILES string of the molecule is CC(=O)N1CC(C(=O)Nc2cc(C)n(-c3ccc(C)cc3)n2)C1. The summed E-state index contributed by atoms with van der Waals surface area (Å²) < 4.78 is 1.80. The first-order valence-electron chi connectivity index (χ1n) is 7.64. The van der Waals surface area contributed by atoms with E-state index in [-0.39, 0.29) is 17.7 Å². The predicted octanol–water partition coefficient (Wildman–Crippen LogP) is 1.91. The van der Waals surface area contributed by atoms with Crippen LogP contribution in [0, 0.1) is 19.8 Å². The number of likely N-dealkylation sites (tertiary alicyclic amines) is 1. The highest BCUT2D eigenvalue weighted by Gasteiger charge is 2.34. The van der Waals surface area contributed by atoms with Crippen LogP contribution in [-0.4, -0.2) is 39.6 Å². The van der Waals surface area contributed by atoms with Gasteiger partial charge in [0.2, 0.25) is 11.8 Å². The molecule has 6 heteroatoms. The predicted molar refractivity (Wildman–Crippen MR) is 87.4 cm³/mol. The van der Waals surface area contributed by atoms with E-state index in [1.165, 1.54) is 12.5 Å². The molecule has 2 aromatic rings. The van der Waals surface area contributed by atoms with Gasteiger partial charge in [0.15, 0.2) is 5.82 Å². The summed E-state index contributed by atoms with van der Waals surface area (Å²) in [5.74, 6) is 0.308. The molecule has 1 saturated heterocycles. The fraction of sp³-hybridized carbons (Fsp3) is 0.353. The van der Waals surface area contributed by atoms with E-state index in [1.54, 1.807) is 9.58 Å². The highest BCUT2D eigenvalue weighted by molar-refractivity contribution is 5.93. The summed E-state index contributed by atoms with van der Waals surface area (Å²) in [6, 6.07) is 9.90. The Kier molecular flexibility index (Phi) is 3.90. The summed E-state index contributed by atoms with van der Waals surface area (Å²) in [5, 5.41) is 7.29. The molecule has 0 aliphatic carbocycles. The molecule has 2 heterocycles. The zero-order valence-corrected chi connectivity index (χ0v) is 13.5. The number of benzene rings is 1. The van der Waals surface area contributed by atoms with Crippen LogP contribution in [-0.2, 0) is 9.59 Å². The fourth-order valence-electron chi connectivity index (χ4n) is 2.61. The molecule has 1 aromatic heterocycles. The van der Waals surface area contributed by atoms with Crippen molar-refractivity contribution < 1.29 is 9.59 Å². The molecule has 1 fully saturated rings. The van der Waals surface area contributed by atoms with Crippen LogP contribution in [0.25, 0.3) is 5.69 Å². The number of carbonyl (C=O) groups excluding carboxylic acids is 2. The van der Waals surface area contributed by atoms with E-state index >= 15 is 0 Å². The molecule has 1 aromatic carbocycles. The summed E-state index contributed by atoms with van der Waals surface area (Å²) in [7, 11) is 0. The molecular weight excluding hydrogens is 292 g/mol. The fourth-order valence-corrected chi connectivity index (χ4v) is 2.61. The van der Waals surface area contributed by atoms with Crippen LogP contribution in [0.15, 0.2) is 30.3 Å².